The topological polar surface area (TPSA) is 75.7 Å². The minimum Gasteiger partial charge on any atom is -0.373 e. The molecule has 0 unspecified atom stereocenters. The van der Waals surface area contributed by atoms with Crippen molar-refractivity contribution in [2.75, 3.05) is 32.0 Å². The molecule has 2 fully saturated rings. The second-order valence-corrected chi connectivity index (χ2v) is 7.59. The number of sulfonamides is 1. The minimum atomic E-state index is -3.24. The van der Waals surface area contributed by atoms with E-state index in [0.717, 1.165) is 25.7 Å². The maximum absolute atomic E-state index is 12.0. The number of carbonyl (C=O) groups excluding carboxylic acids is 1. The third-order valence-corrected chi connectivity index (χ3v) is 5.56. The number of amides is 1. The standard InChI is InChI=1S/C13H24N2O4S/c1-11(16)15-6-7-19-13(9-15)8-14-20(17,18)10-12-4-2-3-5-12/h12-14H,2-10H2,1H3/t13-/m0/s1. The van der Waals surface area contributed by atoms with Crippen molar-refractivity contribution in [3.63, 3.8) is 0 Å². The van der Waals surface area contributed by atoms with Crippen LogP contribution in [-0.2, 0) is 19.6 Å². The Morgan fingerprint density at radius 1 is 1.35 bits per heavy atom. The molecule has 0 aromatic heterocycles. The van der Waals surface area contributed by atoms with Crippen LogP contribution < -0.4 is 4.72 Å². The zero-order valence-electron chi connectivity index (χ0n) is 12.0. The quantitative estimate of drug-likeness (QED) is 0.795. The Hall–Kier alpha value is -0.660. The SMILES string of the molecule is CC(=O)N1CCO[C@@H](CNS(=O)(=O)CC2CCCC2)C1. The molecule has 0 radical (unpaired) electrons. The van der Waals surface area contributed by atoms with Gasteiger partial charge >= 0.3 is 0 Å². The Bertz CT molecular complexity index is 432. The van der Waals surface area contributed by atoms with E-state index in [0.29, 0.717) is 25.6 Å². The molecule has 1 amide bonds. The van der Waals surface area contributed by atoms with E-state index in [2.05, 4.69) is 4.72 Å². The van der Waals surface area contributed by atoms with Crippen molar-refractivity contribution in [1.82, 2.24) is 9.62 Å². The first-order chi connectivity index (χ1) is 9.46. The van der Waals surface area contributed by atoms with Crippen molar-refractivity contribution >= 4 is 15.9 Å². The van der Waals surface area contributed by atoms with Gasteiger partial charge in [0.2, 0.25) is 15.9 Å². The predicted molar refractivity (Wildman–Crippen MR) is 75.7 cm³/mol. The van der Waals surface area contributed by atoms with E-state index in [9.17, 15) is 13.2 Å². The smallest absolute Gasteiger partial charge is 0.219 e. The van der Waals surface area contributed by atoms with Gasteiger partial charge in [0.1, 0.15) is 0 Å². The number of hydrogen-bond acceptors (Lipinski definition) is 4. The highest BCUT2D eigenvalue weighted by Crippen LogP contribution is 2.25. The average Bonchev–Trinajstić information content (AvgIpc) is 2.89. The Morgan fingerprint density at radius 2 is 2.05 bits per heavy atom. The van der Waals surface area contributed by atoms with Crippen LogP contribution in [0.4, 0.5) is 0 Å². The summed E-state index contributed by atoms with van der Waals surface area (Å²) >= 11 is 0. The van der Waals surface area contributed by atoms with Gasteiger partial charge in [0.15, 0.2) is 0 Å². The number of carbonyl (C=O) groups is 1. The van der Waals surface area contributed by atoms with Crippen LogP contribution in [0.1, 0.15) is 32.6 Å². The number of morpholine rings is 1. The van der Waals surface area contributed by atoms with E-state index in [1.807, 2.05) is 0 Å². The Kier molecular flexibility index (Phi) is 5.40. The van der Waals surface area contributed by atoms with Crippen molar-refractivity contribution in [1.29, 1.82) is 0 Å². The van der Waals surface area contributed by atoms with Crippen molar-refractivity contribution < 1.29 is 17.9 Å². The molecule has 2 aliphatic rings. The van der Waals surface area contributed by atoms with Crippen molar-refractivity contribution in [2.45, 2.75) is 38.7 Å². The molecule has 1 aliphatic carbocycles. The van der Waals surface area contributed by atoms with Crippen LogP contribution in [0.15, 0.2) is 0 Å². The van der Waals surface area contributed by atoms with Gasteiger partial charge < -0.3 is 9.64 Å². The maximum atomic E-state index is 12.0. The monoisotopic (exact) mass is 304 g/mol. The Labute approximate surface area is 120 Å². The highest BCUT2D eigenvalue weighted by Gasteiger charge is 2.26. The normalized spacial score (nSPS) is 25.1. The van der Waals surface area contributed by atoms with Gasteiger partial charge in [-0.2, -0.15) is 0 Å². The van der Waals surface area contributed by atoms with Crippen LogP contribution in [0.5, 0.6) is 0 Å². The van der Waals surface area contributed by atoms with Crippen LogP contribution in [0.25, 0.3) is 0 Å². The van der Waals surface area contributed by atoms with Crippen LogP contribution in [0.2, 0.25) is 0 Å². The van der Waals surface area contributed by atoms with Crippen LogP contribution >= 0.6 is 0 Å². The van der Waals surface area contributed by atoms with Gasteiger partial charge in [-0.15, -0.1) is 0 Å². The molecule has 20 heavy (non-hydrogen) atoms. The summed E-state index contributed by atoms with van der Waals surface area (Å²) in [5.41, 5.74) is 0. The number of rotatable bonds is 5. The summed E-state index contributed by atoms with van der Waals surface area (Å²) in [6, 6.07) is 0. The third-order valence-electron chi connectivity index (χ3n) is 4.04. The molecule has 116 valence electrons. The highest BCUT2D eigenvalue weighted by molar-refractivity contribution is 7.89. The van der Waals surface area contributed by atoms with E-state index >= 15 is 0 Å². The van der Waals surface area contributed by atoms with E-state index < -0.39 is 10.0 Å². The summed E-state index contributed by atoms with van der Waals surface area (Å²) in [6.07, 6.45) is 4.06. The fraction of sp³-hybridized carbons (Fsp3) is 0.923. The van der Waals surface area contributed by atoms with E-state index in [1.54, 1.807) is 4.90 Å². The molecule has 1 heterocycles. The predicted octanol–water partition coefficient (Wildman–Crippen LogP) is 0.343. The summed E-state index contributed by atoms with van der Waals surface area (Å²) in [5, 5.41) is 0. The molecule has 7 heteroatoms. The molecular weight excluding hydrogens is 280 g/mol. The van der Waals surface area contributed by atoms with Gasteiger partial charge in [-0.1, -0.05) is 12.8 Å². The second kappa shape index (κ2) is 6.87. The van der Waals surface area contributed by atoms with Crippen LogP contribution in [0.3, 0.4) is 0 Å². The van der Waals surface area contributed by atoms with Crippen molar-refractivity contribution in [2.24, 2.45) is 5.92 Å². The van der Waals surface area contributed by atoms with Crippen LogP contribution in [0, 0.1) is 5.92 Å². The first-order valence-electron chi connectivity index (χ1n) is 7.31. The minimum absolute atomic E-state index is 0.00659. The third kappa shape index (κ3) is 4.71. The molecule has 0 bridgehead atoms. The molecule has 1 saturated carbocycles. The lowest BCUT2D eigenvalue weighted by Gasteiger charge is -2.32. The molecule has 6 nitrogen and oxygen atoms in total. The van der Waals surface area contributed by atoms with Crippen molar-refractivity contribution in [3.8, 4) is 0 Å². The first-order valence-corrected chi connectivity index (χ1v) is 8.96. The molecule has 1 saturated heterocycles. The van der Waals surface area contributed by atoms with Crippen molar-refractivity contribution in [3.05, 3.63) is 0 Å². The lowest BCUT2D eigenvalue weighted by molar-refractivity contribution is -0.136. The second-order valence-electron chi connectivity index (χ2n) is 5.74. The average molecular weight is 304 g/mol. The summed E-state index contributed by atoms with van der Waals surface area (Å²) < 4.78 is 32.1. The zero-order valence-corrected chi connectivity index (χ0v) is 12.8. The molecule has 0 aromatic carbocycles. The summed E-state index contributed by atoms with van der Waals surface area (Å²) in [5.74, 6) is 0.525. The highest BCUT2D eigenvalue weighted by atomic mass is 32.2. The lowest BCUT2D eigenvalue weighted by atomic mass is 10.1. The fourth-order valence-corrected chi connectivity index (χ4v) is 4.41. The summed E-state index contributed by atoms with van der Waals surface area (Å²) in [6.45, 7) is 3.28. The fourth-order valence-electron chi connectivity index (χ4n) is 2.90. The molecular formula is C13H24N2O4S. The Balaban J connectivity index is 1.77. The molecule has 1 aliphatic heterocycles. The number of hydrogen-bond donors (Lipinski definition) is 1. The Morgan fingerprint density at radius 3 is 2.70 bits per heavy atom. The van der Waals surface area contributed by atoms with Gasteiger partial charge in [0, 0.05) is 26.6 Å². The van der Waals surface area contributed by atoms with Gasteiger partial charge in [-0.3, -0.25) is 4.79 Å². The number of ether oxygens (including phenoxy) is 1. The molecule has 1 atom stereocenters. The van der Waals surface area contributed by atoms with E-state index in [1.165, 1.54) is 6.92 Å². The van der Waals surface area contributed by atoms with E-state index in [-0.39, 0.29) is 24.3 Å². The van der Waals surface area contributed by atoms with Gasteiger partial charge in [-0.25, -0.2) is 13.1 Å². The first kappa shape index (κ1) is 15.7. The molecule has 0 aromatic rings. The lowest BCUT2D eigenvalue weighted by Crippen LogP contribution is -2.49. The zero-order chi connectivity index (χ0) is 14.6. The van der Waals surface area contributed by atoms with Crippen LogP contribution in [-0.4, -0.2) is 57.3 Å². The summed E-state index contributed by atoms with van der Waals surface area (Å²) in [4.78, 5) is 13.0. The number of nitrogens with one attached hydrogen (secondary N) is 1. The molecule has 2 rings (SSSR count). The summed E-state index contributed by atoms with van der Waals surface area (Å²) in [7, 11) is -3.24. The number of nitrogens with zero attached hydrogens (tertiary/aromatic N) is 1. The maximum Gasteiger partial charge on any atom is 0.219 e. The van der Waals surface area contributed by atoms with Gasteiger partial charge in [0.25, 0.3) is 0 Å². The van der Waals surface area contributed by atoms with Gasteiger partial charge in [0.05, 0.1) is 18.5 Å². The van der Waals surface area contributed by atoms with E-state index in [4.69, 9.17) is 4.74 Å². The molecule has 1 N–H and O–H groups in total. The largest absolute Gasteiger partial charge is 0.373 e. The molecule has 0 spiro atoms. The van der Waals surface area contributed by atoms with Gasteiger partial charge in [-0.05, 0) is 18.8 Å².